The molecule has 4 heteroatoms. The Bertz CT molecular complexity index is 572. The molecule has 0 atom stereocenters. The van der Waals surface area contributed by atoms with Crippen molar-refractivity contribution in [2.45, 2.75) is 18.0 Å². The van der Waals surface area contributed by atoms with Crippen molar-refractivity contribution in [3.63, 3.8) is 0 Å². The second-order valence-corrected chi connectivity index (χ2v) is 5.13. The van der Waals surface area contributed by atoms with E-state index in [-0.39, 0.29) is 0 Å². The summed E-state index contributed by atoms with van der Waals surface area (Å²) in [5.41, 5.74) is 7.96. The molecular weight excluding hydrogens is 270 g/mol. The van der Waals surface area contributed by atoms with Gasteiger partial charge in [-0.05, 0) is 36.1 Å². The van der Waals surface area contributed by atoms with Gasteiger partial charge in [-0.25, -0.2) is 0 Å². The van der Waals surface area contributed by atoms with Crippen LogP contribution in [0.15, 0.2) is 47.4 Å². The van der Waals surface area contributed by atoms with Crippen LogP contribution in [0, 0.1) is 0 Å². The van der Waals surface area contributed by atoms with Crippen molar-refractivity contribution in [2.75, 3.05) is 13.4 Å². The molecule has 0 radical (unpaired) electrons. The van der Waals surface area contributed by atoms with Gasteiger partial charge in [0, 0.05) is 17.0 Å². The molecule has 0 bridgehead atoms. The first-order valence-corrected chi connectivity index (χ1v) is 7.62. The van der Waals surface area contributed by atoms with E-state index in [4.69, 9.17) is 15.2 Å². The van der Waals surface area contributed by atoms with E-state index in [1.54, 1.807) is 18.9 Å². The van der Waals surface area contributed by atoms with Crippen LogP contribution in [0.1, 0.15) is 11.1 Å². The summed E-state index contributed by atoms with van der Waals surface area (Å²) in [6.45, 7) is 0.979. The van der Waals surface area contributed by atoms with Gasteiger partial charge in [-0.1, -0.05) is 18.2 Å². The van der Waals surface area contributed by atoms with Gasteiger partial charge < -0.3 is 15.2 Å². The number of hydrogen-bond acceptors (Lipinski definition) is 4. The minimum atomic E-state index is 0.477. The van der Waals surface area contributed by atoms with Gasteiger partial charge in [-0.2, -0.15) is 0 Å². The third-order valence-electron chi connectivity index (χ3n) is 3.04. The molecule has 0 saturated heterocycles. The Morgan fingerprint density at radius 2 is 1.95 bits per heavy atom. The zero-order chi connectivity index (χ0) is 14.4. The van der Waals surface area contributed by atoms with Gasteiger partial charge in [0.15, 0.2) is 0 Å². The van der Waals surface area contributed by atoms with Crippen LogP contribution in [0.2, 0.25) is 0 Å². The predicted octanol–water partition coefficient (Wildman–Crippen LogP) is 3.45. The van der Waals surface area contributed by atoms with Gasteiger partial charge in [-0.15, -0.1) is 11.8 Å². The Hall–Kier alpha value is -1.65. The molecule has 0 spiro atoms. The summed E-state index contributed by atoms with van der Waals surface area (Å²) >= 11 is 1.68. The van der Waals surface area contributed by atoms with E-state index in [1.807, 2.05) is 42.7 Å². The van der Waals surface area contributed by atoms with Crippen LogP contribution in [-0.4, -0.2) is 13.4 Å². The number of benzene rings is 2. The van der Waals surface area contributed by atoms with Crippen molar-refractivity contribution in [3.05, 3.63) is 53.6 Å². The topological polar surface area (TPSA) is 44.5 Å². The molecule has 3 nitrogen and oxygen atoms in total. The summed E-state index contributed by atoms with van der Waals surface area (Å²) in [7, 11) is 1.66. The minimum Gasteiger partial charge on any atom is -0.497 e. The molecule has 0 amide bonds. The third-order valence-corrected chi connectivity index (χ3v) is 3.86. The average molecular weight is 289 g/mol. The van der Waals surface area contributed by atoms with Crippen LogP contribution < -0.4 is 15.2 Å². The SMILES string of the molecule is COc1cccc(COc2cccc(SC)c2CN)c1. The Morgan fingerprint density at radius 1 is 1.15 bits per heavy atom. The molecule has 0 unspecified atom stereocenters. The maximum atomic E-state index is 5.91. The summed E-state index contributed by atoms with van der Waals surface area (Å²) in [4.78, 5) is 1.16. The van der Waals surface area contributed by atoms with Crippen molar-refractivity contribution >= 4 is 11.8 Å². The zero-order valence-corrected chi connectivity index (χ0v) is 12.6. The highest BCUT2D eigenvalue weighted by molar-refractivity contribution is 7.98. The number of rotatable bonds is 6. The first kappa shape index (κ1) is 14.8. The molecule has 106 valence electrons. The van der Waals surface area contributed by atoms with E-state index < -0.39 is 0 Å². The molecule has 20 heavy (non-hydrogen) atoms. The predicted molar refractivity (Wildman–Crippen MR) is 83.4 cm³/mol. The number of ether oxygens (including phenoxy) is 2. The van der Waals surface area contributed by atoms with Crippen molar-refractivity contribution < 1.29 is 9.47 Å². The Balaban J connectivity index is 2.14. The Morgan fingerprint density at radius 3 is 2.65 bits per heavy atom. The van der Waals surface area contributed by atoms with E-state index in [1.165, 1.54) is 0 Å². The van der Waals surface area contributed by atoms with Crippen LogP contribution >= 0.6 is 11.8 Å². The summed E-state index contributed by atoms with van der Waals surface area (Å²) in [6, 6.07) is 13.9. The zero-order valence-electron chi connectivity index (χ0n) is 11.8. The van der Waals surface area contributed by atoms with Crippen LogP contribution in [0.5, 0.6) is 11.5 Å². The summed E-state index contributed by atoms with van der Waals surface area (Å²) in [5.74, 6) is 1.69. The van der Waals surface area contributed by atoms with E-state index in [2.05, 4.69) is 6.07 Å². The second kappa shape index (κ2) is 7.22. The molecule has 0 fully saturated rings. The fraction of sp³-hybridized carbons (Fsp3) is 0.250. The molecule has 0 aromatic heterocycles. The molecule has 0 heterocycles. The molecule has 0 aliphatic rings. The van der Waals surface area contributed by atoms with E-state index >= 15 is 0 Å². The Labute approximate surface area is 124 Å². The lowest BCUT2D eigenvalue weighted by molar-refractivity contribution is 0.301. The molecule has 2 N–H and O–H groups in total. The molecular formula is C16H19NO2S. The average Bonchev–Trinajstić information content (AvgIpc) is 2.52. The van der Waals surface area contributed by atoms with Crippen molar-refractivity contribution in [2.24, 2.45) is 5.73 Å². The van der Waals surface area contributed by atoms with Gasteiger partial charge in [0.25, 0.3) is 0 Å². The first-order chi connectivity index (χ1) is 9.78. The van der Waals surface area contributed by atoms with Gasteiger partial charge in [0.05, 0.1) is 7.11 Å². The fourth-order valence-corrected chi connectivity index (χ4v) is 2.64. The summed E-state index contributed by atoms with van der Waals surface area (Å²) < 4.78 is 11.1. The van der Waals surface area contributed by atoms with Crippen LogP contribution in [0.4, 0.5) is 0 Å². The van der Waals surface area contributed by atoms with Gasteiger partial charge in [-0.3, -0.25) is 0 Å². The van der Waals surface area contributed by atoms with Crippen LogP contribution in [-0.2, 0) is 13.2 Å². The number of methoxy groups -OCH3 is 1. The van der Waals surface area contributed by atoms with Crippen molar-refractivity contribution in [3.8, 4) is 11.5 Å². The van der Waals surface area contributed by atoms with E-state index in [0.717, 1.165) is 27.5 Å². The van der Waals surface area contributed by atoms with Gasteiger partial charge in [0.1, 0.15) is 18.1 Å². The smallest absolute Gasteiger partial charge is 0.125 e. The summed E-state index contributed by atoms with van der Waals surface area (Å²) in [5, 5.41) is 0. The van der Waals surface area contributed by atoms with E-state index in [9.17, 15) is 0 Å². The van der Waals surface area contributed by atoms with Crippen LogP contribution in [0.3, 0.4) is 0 Å². The maximum absolute atomic E-state index is 5.91. The van der Waals surface area contributed by atoms with E-state index in [0.29, 0.717) is 13.2 Å². The number of hydrogen-bond donors (Lipinski definition) is 1. The molecule has 0 aliphatic carbocycles. The van der Waals surface area contributed by atoms with Crippen molar-refractivity contribution in [1.82, 2.24) is 0 Å². The molecule has 2 aromatic rings. The van der Waals surface area contributed by atoms with Crippen LogP contribution in [0.25, 0.3) is 0 Å². The lowest BCUT2D eigenvalue weighted by Gasteiger charge is -2.13. The lowest BCUT2D eigenvalue weighted by Crippen LogP contribution is -2.04. The monoisotopic (exact) mass is 289 g/mol. The molecule has 0 saturated carbocycles. The number of nitrogens with two attached hydrogens (primary N) is 1. The maximum Gasteiger partial charge on any atom is 0.125 e. The van der Waals surface area contributed by atoms with Gasteiger partial charge >= 0.3 is 0 Å². The molecule has 0 aliphatic heterocycles. The highest BCUT2D eigenvalue weighted by atomic mass is 32.2. The first-order valence-electron chi connectivity index (χ1n) is 6.40. The third kappa shape index (κ3) is 3.46. The number of thioether (sulfide) groups is 1. The Kier molecular flexibility index (Phi) is 5.32. The summed E-state index contributed by atoms with van der Waals surface area (Å²) in [6.07, 6.45) is 2.04. The second-order valence-electron chi connectivity index (χ2n) is 4.28. The quantitative estimate of drug-likeness (QED) is 0.827. The molecule has 2 rings (SSSR count). The largest absolute Gasteiger partial charge is 0.497 e. The molecule has 2 aromatic carbocycles. The fourth-order valence-electron chi connectivity index (χ4n) is 2.00. The lowest BCUT2D eigenvalue weighted by atomic mass is 10.2. The van der Waals surface area contributed by atoms with Crippen molar-refractivity contribution in [1.29, 1.82) is 0 Å². The van der Waals surface area contributed by atoms with Gasteiger partial charge in [0.2, 0.25) is 0 Å². The standard InChI is InChI=1S/C16H19NO2S/c1-18-13-6-3-5-12(9-13)11-19-15-7-4-8-16(20-2)14(15)10-17/h3-9H,10-11,17H2,1-2H3. The highest BCUT2D eigenvalue weighted by Crippen LogP contribution is 2.29. The normalized spacial score (nSPS) is 10.3. The highest BCUT2D eigenvalue weighted by Gasteiger charge is 2.07. The minimum absolute atomic E-state index is 0.477.